The standard InChI is InChI=1S/C7H6ClNO2/c8-7-3-1-2-6(4-7)5-9(10)11/h1-4H,5H2. The highest BCUT2D eigenvalue weighted by molar-refractivity contribution is 6.30. The second-order valence-electron chi connectivity index (χ2n) is 2.12. The third-order valence-corrected chi connectivity index (χ3v) is 1.44. The lowest BCUT2D eigenvalue weighted by molar-refractivity contribution is -0.496. The third kappa shape index (κ3) is 2.55. The Morgan fingerprint density at radius 3 is 2.82 bits per heavy atom. The number of nitrogens with zero attached hydrogens (tertiary/aromatic N) is 1. The second kappa shape index (κ2) is 3.34. The molecule has 0 N–H and O–H groups in total. The maximum absolute atomic E-state index is 10.0. The first-order chi connectivity index (χ1) is 5.18. The zero-order valence-electron chi connectivity index (χ0n) is 5.66. The molecule has 0 aliphatic carbocycles. The van der Waals surface area contributed by atoms with Gasteiger partial charge in [-0.3, -0.25) is 10.1 Å². The van der Waals surface area contributed by atoms with Gasteiger partial charge in [-0.15, -0.1) is 0 Å². The highest BCUT2D eigenvalue weighted by Gasteiger charge is 2.00. The number of hydrogen-bond acceptors (Lipinski definition) is 2. The van der Waals surface area contributed by atoms with Gasteiger partial charge in [0.2, 0.25) is 6.54 Å². The average Bonchev–Trinajstić information content (AvgIpc) is 1.85. The first kappa shape index (κ1) is 8.01. The Morgan fingerprint density at radius 2 is 2.27 bits per heavy atom. The van der Waals surface area contributed by atoms with E-state index in [1.165, 1.54) is 0 Å². The van der Waals surface area contributed by atoms with Crippen LogP contribution in [-0.2, 0) is 6.54 Å². The number of benzene rings is 1. The van der Waals surface area contributed by atoms with Crippen molar-refractivity contribution in [2.45, 2.75) is 6.54 Å². The van der Waals surface area contributed by atoms with Crippen LogP contribution in [0.3, 0.4) is 0 Å². The van der Waals surface area contributed by atoms with E-state index in [0.29, 0.717) is 10.6 Å². The number of rotatable bonds is 2. The molecule has 0 aromatic heterocycles. The molecule has 0 atom stereocenters. The van der Waals surface area contributed by atoms with E-state index in [-0.39, 0.29) is 11.5 Å². The average molecular weight is 172 g/mol. The predicted octanol–water partition coefficient (Wildman–Crippen LogP) is 2.12. The van der Waals surface area contributed by atoms with Crippen molar-refractivity contribution in [2.75, 3.05) is 0 Å². The van der Waals surface area contributed by atoms with E-state index in [1.807, 2.05) is 0 Å². The molecule has 0 saturated heterocycles. The topological polar surface area (TPSA) is 43.1 Å². The van der Waals surface area contributed by atoms with Crippen LogP contribution in [0, 0.1) is 10.1 Å². The zero-order valence-corrected chi connectivity index (χ0v) is 6.41. The molecule has 0 unspecified atom stereocenters. The minimum Gasteiger partial charge on any atom is -0.264 e. The maximum Gasteiger partial charge on any atom is 0.228 e. The van der Waals surface area contributed by atoms with Gasteiger partial charge in [0.25, 0.3) is 0 Å². The SMILES string of the molecule is O=[N+]([O-])Cc1cccc(Cl)c1. The summed E-state index contributed by atoms with van der Waals surface area (Å²) in [5.74, 6) is 0. The maximum atomic E-state index is 10.0. The number of nitro groups is 1. The van der Waals surface area contributed by atoms with E-state index in [2.05, 4.69) is 0 Å². The van der Waals surface area contributed by atoms with Crippen LogP contribution in [0.4, 0.5) is 0 Å². The van der Waals surface area contributed by atoms with Crippen LogP contribution in [0.5, 0.6) is 0 Å². The van der Waals surface area contributed by atoms with Crippen molar-refractivity contribution < 1.29 is 4.92 Å². The van der Waals surface area contributed by atoms with E-state index in [9.17, 15) is 10.1 Å². The van der Waals surface area contributed by atoms with Crippen LogP contribution in [0.25, 0.3) is 0 Å². The molecule has 3 nitrogen and oxygen atoms in total. The first-order valence-electron chi connectivity index (χ1n) is 3.05. The van der Waals surface area contributed by atoms with Crippen LogP contribution in [0.15, 0.2) is 24.3 Å². The lowest BCUT2D eigenvalue weighted by atomic mass is 10.2. The monoisotopic (exact) mass is 171 g/mol. The molecule has 0 spiro atoms. The summed E-state index contributed by atoms with van der Waals surface area (Å²) < 4.78 is 0. The minimum atomic E-state index is -0.383. The van der Waals surface area contributed by atoms with Crippen molar-refractivity contribution in [3.8, 4) is 0 Å². The summed E-state index contributed by atoms with van der Waals surface area (Å²) in [5, 5.41) is 10.6. The Bertz CT molecular complexity index is 275. The molecular formula is C7H6ClNO2. The van der Waals surface area contributed by atoms with Crippen molar-refractivity contribution in [3.63, 3.8) is 0 Å². The quantitative estimate of drug-likeness (QED) is 0.505. The highest BCUT2D eigenvalue weighted by Crippen LogP contribution is 2.10. The van der Waals surface area contributed by atoms with E-state index in [4.69, 9.17) is 11.6 Å². The molecule has 0 aliphatic rings. The van der Waals surface area contributed by atoms with Gasteiger partial charge in [-0.25, -0.2) is 0 Å². The predicted molar refractivity (Wildman–Crippen MR) is 42.2 cm³/mol. The van der Waals surface area contributed by atoms with Crippen molar-refractivity contribution in [1.29, 1.82) is 0 Å². The van der Waals surface area contributed by atoms with Crippen LogP contribution in [0.1, 0.15) is 5.56 Å². The fourth-order valence-electron chi connectivity index (χ4n) is 0.784. The Morgan fingerprint density at radius 1 is 1.55 bits per heavy atom. The Balaban J connectivity index is 2.79. The molecule has 0 amide bonds. The number of hydrogen-bond donors (Lipinski definition) is 0. The third-order valence-electron chi connectivity index (χ3n) is 1.20. The smallest absolute Gasteiger partial charge is 0.228 e. The summed E-state index contributed by atoms with van der Waals surface area (Å²) in [6.45, 7) is -0.166. The minimum absolute atomic E-state index is 0.166. The first-order valence-corrected chi connectivity index (χ1v) is 3.42. The fraction of sp³-hybridized carbons (Fsp3) is 0.143. The molecular weight excluding hydrogens is 166 g/mol. The Hall–Kier alpha value is -1.09. The molecule has 0 aliphatic heterocycles. The summed E-state index contributed by atoms with van der Waals surface area (Å²) >= 11 is 5.61. The van der Waals surface area contributed by atoms with Gasteiger partial charge >= 0.3 is 0 Å². The lowest BCUT2D eigenvalue weighted by Crippen LogP contribution is -1.97. The van der Waals surface area contributed by atoms with Gasteiger partial charge in [-0.05, 0) is 12.1 Å². The summed E-state index contributed by atoms with van der Waals surface area (Å²) in [6.07, 6.45) is 0. The highest BCUT2D eigenvalue weighted by atomic mass is 35.5. The van der Waals surface area contributed by atoms with Crippen molar-refractivity contribution in [2.24, 2.45) is 0 Å². The summed E-state index contributed by atoms with van der Waals surface area (Å²) in [4.78, 5) is 9.66. The van der Waals surface area contributed by atoms with Crippen molar-refractivity contribution in [1.82, 2.24) is 0 Å². The van der Waals surface area contributed by atoms with E-state index < -0.39 is 0 Å². The lowest BCUT2D eigenvalue weighted by Gasteiger charge is -1.93. The van der Waals surface area contributed by atoms with Gasteiger partial charge in [-0.1, -0.05) is 23.7 Å². The van der Waals surface area contributed by atoms with Gasteiger partial charge < -0.3 is 0 Å². The largest absolute Gasteiger partial charge is 0.264 e. The van der Waals surface area contributed by atoms with Crippen LogP contribution < -0.4 is 0 Å². The summed E-state index contributed by atoms with van der Waals surface area (Å²) in [5.41, 5.74) is 0.627. The molecule has 11 heavy (non-hydrogen) atoms. The van der Waals surface area contributed by atoms with Gasteiger partial charge in [0.1, 0.15) is 0 Å². The molecule has 1 aromatic carbocycles. The summed E-state index contributed by atoms with van der Waals surface area (Å²) in [7, 11) is 0. The molecule has 0 saturated carbocycles. The van der Waals surface area contributed by atoms with Crippen LogP contribution in [0.2, 0.25) is 5.02 Å². The molecule has 0 heterocycles. The zero-order chi connectivity index (χ0) is 8.27. The Labute approximate surface area is 68.8 Å². The van der Waals surface area contributed by atoms with Gasteiger partial charge in [-0.2, -0.15) is 0 Å². The van der Waals surface area contributed by atoms with Gasteiger partial charge in [0, 0.05) is 15.5 Å². The van der Waals surface area contributed by atoms with Gasteiger partial charge in [0.15, 0.2) is 0 Å². The van der Waals surface area contributed by atoms with E-state index in [0.717, 1.165) is 0 Å². The van der Waals surface area contributed by atoms with E-state index in [1.54, 1.807) is 24.3 Å². The van der Waals surface area contributed by atoms with Crippen molar-refractivity contribution >= 4 is 11.6 Å². The van der Waals surface area contributed by atoms with Crippen LogP contribution >= 0.6 is 11.6 Å². The molecule has 0 radical (unpaired) electrons. The normalized spacial score (nSPS) is 9.55. The molecule has 0 fully saturated rings. The molecule has 58 valence electrons. The molecule has 1 rings (SSSR count). The van der Waals surface area contributed by atoms with Crippen LogP contribution in [-0.4, -0.2) is 4.92 Å². The Kier molecular flexibility index (Phi) is 2.44. The second-order valence-corrected chi connectivity index (χ2v) is 2.56. The summed E-state index contributed by atoms with van der Waals surface area (Å²) in [6, 6.07) is 6.64. The molecule has 1 aromatic rings. The van der Waals surface area contributed by atoms with Crippen molar-refractivity contribution in [3.05, 3.63) is 45.0 Å². The fourth-order valence-corrected chi connectivity index (χ4v) is 0.997. The van der Waals surface area contributed by atoms with E-state index >= 15 is 0 Å². The van der Waals surface area contributed by atoms with Gasteiger partial charge in [0.05, 0.1) is 0 Å². The number of halogens is 1. The molecule has 4 heteroatoms. The molecule has 0 bridgehead atoms.